The largest absolute Gasteiger partial charge is 0.508 e. The second-order valence-electron chi connectivity index (χ2n) is 30.6. The van der Waals surface area contributed by atoms with Crippen LogP contribution in [0, 0.1) is 35.0 Å². The van der Waals surface area contributed by atoms with Gasteiger partial charge in [-0.05, 0) is 87.8 Å². The van der Waals surface area contributed by atoms with Gasteiger partial charge in [-0.2, -0.15) is 8.42 Å². The number of carbonyl (C=O) groups excluding carboxylic acids is 10. The molecule has 0 aliphatic heterocycles. The Labute approximate surface area is 711 Å². The van der Waals surface area contributed by atoms with Gasteiger partial charge in [-0.15, -0.1) is 0 Å². The van der Waals surface area contributed by atoms with E-state index in [2.05, 4.69) is 33.2 Å². The fourth-order valence-corrected chi connectivity index (χ4v) is 13.3. The smallest absolute Gasteiger partial charge is 0.326 e. The highest BCUT2D eigenvalue weighted by molar-refractivity contribution is 7.85. The van der Waals surface area contributed by atoms with Crippen LogP contribution in [0.25, 0.3) is 0 Å². The number of ketones is 5. The van der Waals surface area contributed by atoms with E-state index in [1.807, 2.05) is 13.8 Å². The molecule has 0 aliphatic carbocycles. The molecule has 0 aliphatic rings. The SMILES string of the molecule is C=C(COCCOCCNC(=O)COCCOCCCC(=O)CC[C@H](NC(=O)CCCCCCCCCCCCCCCS(=O)(=O)O)C(=O)O)NCCOCCOCC(=O)NCCOCCOCC(=O)CCCOCCOCC(=O)NCCCC[C@H](CC(=O)CC(C)C)C(=O)C(C)[C@@H](CCCCC(=N)N)C(=O)C[C@@H](Cc1ccc(O)cc1)C(N)=O. The quantitative estimate of drug-likeness (QED) is 0.0134. The van der Waals surface area contributed by atoms with Gasteiger partial charge in [0.25, 0.3) is 10.1 Å². The van der Waals surface area contributed by atoms with Crippen molar-refractivity contribution in [2.24, 2.45) is 41.1 Å². The molecule has 35 heteroatoms. The van der Waals surface area contributed by atoms with Gasteiger partial charge >= 0.3 is 5.97 Å². The monoisotopic (exact) mass is 1730 g/mol. The van der Waals surface area contributed by atoms with Crippen molar-refractivity contribution < 1.29 is 123 Å². The number of aliphatic carboxylic acids is 1. The molecule has 1 rings (SSSR count). The standard InChI is InChI=1S/C85H146N8O26S/c1-65(2)56-74(97)58-69(83(103)67(4)75(27-17-18-28-78(86)87)77(98)59-70(84(88)104)57-68-30-32-72(95)33-31-68)24-19-20-36-90-80(100)62-117-52-46-111-41-23-26-73(96)61-116-51-48-114-44-39-92-82(102)64-119-54-49-112-42-37-89-66(3)60-115-50-47-113-43-38-91-81(101)63-118-53-45-110-40-22-25-71(94)34-35-76(85(105)106)93-79(99)29-16-14-12-10-8-6-5-7-9-11-13-15-21-55-120(107,108)109/h30-33,65,67,69-70,75-76,89,95H,3,5-29,34-64H2,1-2,4H3,(H3,86,87)(H2,88,104)(H,90,100)(H,91,101)(H,92,102)(H,93,99)(H,105,106)(H,107,108,109)/t67?,69-,70-,75-,76+/m1/s1. The van der Waals surface area contributed by atoms with Crippen LogP contribution >= 0.6 is 0 Å². The van der Waals surface area contributed by atoms with Gasteiger partial charge in [0, 0.05) is 120 Å². The number of nitrogens with one attached hydrogen (secondary N) is 6. The van der Waals surface area contributed by atoms with Crippen LogP contribution in [-0.4, -0.2) is 264 Å². The average Bonchev–Trinajstić information content (AvgIpc) is 0.837. The number of unbranched alkanes of at least 4 members (excludes halogenated alkanes) is 14. The number of Topliss-reactive ketones (excluding diaryl/α,β-unsaturated/α-hetero) is 5. The summed E-state index contributed by atoms with van der Waals surface area (Å²) in [4.78, 5) is 140. The fraction of sp³-hybridized carbons (Fsp3) is 0.765. The molecule has 5 amide bonds. The summed E-state index contributed by atoms with van der Waals surface area (Å²) in [6.07, 6.45) is 17.6. The predicted molar refractivity (Wildman–Crippen MR) is 451 cm³/mol. The highest BCUT2D eigenvalue weighted by Crippen LogP contribution is 2.31. The van der Waals surface area contributed by atoms with E-state index in [1.54, 1.807) is 19.1 Å². The van der Waals surface area contributed by atoms with E-state index in [1.165, 1.54) is 12.1 Å². The zero-order valence-electron chi connectivity index (χ0n) is 71.9. The predicted octanol–water partition coefficient (Wildman–Crippen LogP) is 7.12. The minimum atomic E-state index is -3.86. The highest BCUT2D eigenvalue weighted by atomic mass is 32.2. The number of hydrogen-bond acceptors (Lipinski definition) is 26. The first kappa shape index (κ1) is 111. The summed E-state index contributed by atoms with van der Waals surface area (Å²) in [6, 6.07) is 5.14. The lowest BCUT2D eigenvalue weighted by atomic mass is 9.75. The first-order valence-electron chi connectivity index (χ1n) is 43.0. The number of hydrogen-bond donors (Lipinski definition) is 11. The summed E-state index contributed by atoms with van der Waals surface area (Å²) in [7, 11) is -3.86. The van der Waals surface area contributed by atoms with E-state index < -0.39 is 51.7 Å². The molecular formula is C85H146N8O26S. The van der Waals surface area contributed by atoms with Crippen molar-refractivity contribution in [3.63, 3.8) is 0 Å². The molecule has 34 nitrogen and oxygen atoms in total. The van der Waals surface area contributed by atoms with Crippen LogP contribution in [0.2, 0.25) is 0 Å². The topological polar surface area (TPSA) is 511 Å². The maximum absolute atomic E-state index is 14.3. The molecule has 1 aromatic carbocycles. The Balaban J connectivity index is 2.02. The Morgan fingerprint density at radius 3 is 1.37 bits per heavy atom. The number of benzene rings is 1. The molecule has 0 radical (unpaired) electrons. The molecular weight excluding hydrogens is 1580 g/mol. The maximum Gasteiger partial charge on any atom is 0.326 e. The lowest BCUT2D eigenvalue weighted by Crippen LogP contribution is -2.41. The Morgan fingerprint density at radius 1 is 0.433 bits per heavy atom. The summed E-state index contributed by atoms with van der Waals surface area (Å²) < 4.78 is 85.0. The van der Waals surface area contributed by atoms with Crippen molar-refractivity contribution in [2.75, 3.05) is 164 Å². The highest BCUT2D eigenvalue weighted by Gasteiger charge is 2.36. The van der Waals surface area contributed by atoms with E-state index in [0.29, 0.717) is 128 Å². The van der Waals surface area contributed by atoms with Crippen molar-refractivity contribution >= 4 is 80.4 Å². The Hall–Kier alpha value is -7.29. The summed E-state index contributed by atoms with van der Waals surface area (Å²) >= 11 is 0. The van der Waals surface area contributed by atoms with Crippen LogP contribution in [0.1, 0.15) is 219 Å². The van der Waals surface area contributed by atoms with Crippen LogP contribution in [-0.2, 0) is 117 Å². The summed E-state index contributed by atoms with van der Waals surface area (Å²) in [5.41, 5.74) is 12.7. The number of amides is 5. The lowest BCUT2D eigenvalue weighted by molar-refractivity contribution is -0.142. The van der Waals surface area contributed by atoms with Crippen molar-refractivity contribution in [3.05, 3.63) is 42.1 Å². The van der Waals surface area contributed by atoms with E-state index in [9.17, 15) is 71.4 Å². The third-order valence-corrected chi connectivity index (χ3v) is 20.1. The van der Waals surface area contributed by atoms with Crippen LogP contribution in [0.3, 0.4) is 0 Å². The number of phenols is 1. The van der Waals surface area contributed by atoms with Crippen LogP contribution in [0.5, 0.6) is 5.75 Å². The molecule has 688 valence electrons. The number of carbonyl (C=O) groups is 11. The second-order valence-corrected chi connectivity index (χ2v) is 32.1. The fourth-order valence-electron chi connectivity index (χ4n) is 12.7. The van der Waals surface area contributed by atoms with Gasteiger partial charge in [0.15, 0.2) is 5.78 Å². The number of carboxylic acid groups (broad SMARTS) is 1. The number of aromatic hydroxyl groups is 1. The maximum atomic E-state index is 14.3. The molecule has 5 atom stereocenters. The van der Waals surface area contributed by atoms with Crippen LogP contribution in [0.4, 0.5) is 0 Å². The van der Waals surface area contributed by atoms with E-state index in [-0.39, 0.29) is 246 Å². The van der Waals surface area contributed by atoms with Crippen molar-refractivity contribution in [1.29, 1.82) is 5.41 Å². The minimum Gasteiger partial charge on any atom is -0.508 e. The lowest BCUT2D eigenvalue weighted by Gasteiger charge is -2.27. The molecule has 0 saturated carbocycles. The number of rotatable bonds is 87. The van der Waals surface area contributed by atoms with Crippen molar-refractivity contribution in [2.45, 2.75) is 226 Å². The van der Waals surface area contributed by atoms with Crippen LogP contribution < -0.4 is 38.1 Å². The number of carboxylic acids is 1. The molecule has 0 aromatic heterocycles. The Kier molecular flexibility index (Phi) is 67.6. The Morgan fingerprint density at radius 2 is 0.875 bits per heavy atom. The molecule has 0 heterocycles. The molecule has 0 saturated heterocycles. The van der Waals surface area contributed by atoms with Gasteiger partial charge in [0.2, 0.25) is 29.5 Å². The van der Waals surface area contributed by atoms with Crippen molar-refractivity contribution in [1.82, 2.24) is 26.6 Å². The molecule has 0 bridgehead atoms. The number of phenolic OH excluding ortho intramolecular Hbond substituents is 1. The van der Waals surface area contributed by atoms with Gasteiger partial charge in [-0.1, -0.05) is 123 Å². The number of nitrogens with two attached hydrogens (primary N) is 2. The van der Waals surface area contributed by atoms with Gasteiger partial charge < -0.3 is 95.6 Å². The summed E-state index contributed by atoms with van der Waals surface area (Å²) in [5, 5.41) is 40.8. The zero-order chi connectivity index (χ0) is 88.7. The Bertz CT molecular complexity index is 3150. The molecule has 0 spiro atoms. The molecule has 0 fully saturated rings. The first-order chi connectivity index (χ1) is 57.6. The number of ether oxygens (including phenoxy) is 10. The third-order valence-electron chi connectivity index (χ3n) is 19.3. The minimum absolute atomic E-state index is 0.00643. The number of amidine groups is 1. The van der Waals surface area contributed by atoms with Crippen LogP contribution in [0.15, 0.2) is 36.5 Å². The molecule has 1 aromatic rings. The normalized spacial score (nSPS) is 12.7. The average molecular weight is 1730 g/mol. The van der Waals surface area contributed by atoms with Crippen molar-refractivity contribution in [3.8, 4) is 5.75 Å². The van der Waals surface area contributed by atoms with Gasteiger partial charge in [0.05, 0.1) is 104 Å². The van der Waals surface area contributed by atoms with Gasteiger partial charge in [-0.3, -0.25) is 57.9 Å². The molecule has 13 N–H and O–H groups in total. The van der Waals surface area contributed by atoms with Gasteiger partial charge in [0.1, 0.15) is 61.4 Å². The first-order valence-corrected chi connectivity index (χ1v) is 44.7. The third kappa shape index (κ3) is 67.3. The van der Waals surface area contributed by atoms with E-state index in [0.717, 1.165) is 70.6 Å². The van der Waals surface area contributed by atoms with Gasteiger partial charge in [-0.25, -0.2) is 4.79 Å². The zero-order valence-corrected chi connectivity index (χ0v) is 72.7. The molecule has 120 heavy (non-hydrogen) atoms. The number of primary amides is 1. The molecule has 1 unspecified atom stereocenters. The van der Waals surface area contributed by atoms with E-state index >= 15 is 0 Å². The summed E-state index contributed by atoms with van der Waals surface area (Å²) in [5.74, 6) is -6.99. The summed E-state index contributed by atoms with van der Waals surface area (Å²) in [6.45, 7) is 14.2. The van der Waals surface area contributed by atoms with E-state index in [4.69, 9.17) is 68.8 Å². The second kappa shape index (κ2) is 73.3.